The van der Waals surface area contributed by atoms with Gasteiger partial charge in [0, 0.05) is 5.39 Å². The Morgan fingerprint density at radius 2 is 2.33 bits per heavy atom. The fourth-order valence-corrected chi connectivity index (χ4v) is 1.29. The molecule has 15 heavy (non-hydrogen) atoms. The van der Waals surface area contributed by atoms with Crippen LogP contribution in [0.5, 0.6) is 0 Å². The SMILES string of the molecule is O=C=Nc1ccc2[nH]nc(C(=O)O)c2c1. The van der Waals surface area contributed by atoms with Gasteiger partial charge in [0.25, 0.3) is 0 Å². The minimum atomic E-state index is -1.13. The van der Waals surface area contributed by atoms with Crippen molar-refractivity contribution in [3.8, 4) is 0 Å². The zero-order valence-corrected chi connectivity index (χ0v) is 7.39. The number of nitrogens with one attached hydrogen (secondary N) is 1. The molecule has 0 radical (unpaired) electrons. The van der Waals surface area contributed by atoms with E-state index < -0.39 is 5.97 Å². The molecule has 74 valence electrons. The van der Waals surface area contributed by atoms with Crippen molar-refractivity contribution in [1.82, 2.24) is 10.2 Å². The number of carboxylic acids is 1. The number of benzene rings is 1. The molecular formula is C9H5N3O3. The van der Waals surface area contributed by atoms with Gasteiger partial charge in [0.1, 0.15) is 0 Å². The number of carbonyl (C=O) groups is 1. The second-order valence-corrected chi connectivity index (χ2v) is 2.81. The van der Waals surface area contributed by atoms with Gasteiger partial charge < -0.3 is 5.11 Å². The number of aromatic nitrogens is 2. The lowest BCUT2D eigenvalue weighted by Crippen LogP contribution is -1.96. The smallest absolute Gasteiger partial charge is 0.357 e. The van der Waals surface area contributed by atoms with Gasteiger partial charge in [0.2, 0.25) is 6.08 Å². The number of H-pyrrole nitrogens is 1. The van der Waals surface area contributed by atoms with Crippen LogP contribution < -0.4 is 0 Å². The highest BCUT2D eigenvalue weighted by Crippen LogP contribution is 2.21. The molecule has 0 aliphatic carbocycles. The van der Waals surface area contributed by atoms with Gasteiger partial charge in [-0.25, -0.2) is 9.59 Å². The maximum absolute atomic E-state index is 10.8. The number of fused-ring (bicyclic) bond motifs is 1. The molecule has 1 aromatic heterocycles. The van der Waals surface area contributed by atoms with Crippen molar-refractivity contribution >= 4 is 28.6 Å². The lowest BCUT2D eigenvalue weighted by atomic mass is 10.2. The molecule has 0 bridgehead atoms. The number of hydrogen-bond donors (Lipinski definition) is 2. The summed E-state index contributed by atoms with van der Waals surface area (Å²) in [6.45, 7) is 0. The van der Waals surface area contributed by atoms with Gasteiger partial charge in [0.15, 0.2) is 5.69 Å². The van der Waals surface area contributed by atoms with Crippen LogP contribution in [0, 0.1) is 0 Å². The molecular weight excluding hydrogens is 198 g/mol. The van der Waals surface area contributed by atoms with Crippen molar-refractivity contribution in [2.75, 3.05) is 0 Å². The van der Waals surface area contributed by atoms with Crippen molar-refractivity contribution in [3.05, 3.63) is 23.9 Å². The Morgan fingerprint density at radius 3 is 3.00 bits per heavy atom. The number of nitrogens with zero attached hydrogens (tertiary/aromatic N) is 2. The summed E-state index contributed by atoms with van der Waals surface area (Å²) in [6, 6.07) is 4.63. The number of hydrogen-bond acceptors (Lipinski definition) is 4. The van der Waals surface area contributed by atoms with Crippen LogP contribution in [0.3, 0.4) is 0 Å². The second kappa shape index (κ2) is 3.36. The maximum Gasteiger partial charge on any atom is 0.357 e. The Hall–Kier alpha value is -2.46. The summed E-state index contributed by atoms with van der Waals surface area (Å²) in [4.78, 5) is 24.2. The van der Waals surface area contributed by atoms with Crippen LogP contribution in [-0.2, 0) is 4.79 Å². The fourth-order valence-electron chi connectivity index (χ4n) is 1.29. The molecule has 6 nitrogen and oxygen atoms in total. The summed E-state index contributed by atoms with van der Waals surface area (Å²) in [5, 5.41) is 15.4. The molecule has 1 aromatic carbocycles. The quantitative estimate of drug-likeness (QED) is 0.566. The lowest BCUT2D eigenvalue weighted by molar-refractivity contribution is 0.0692. The van der Waals surface area contributed by atoms with Crippen LogP contribution in [0.1, 0.15) is 10.5 Å². The summed E-state index contributed by atoms with van der Waals surface area (Å²) in [6.07, 6.45) is 1.39. The Kier molecular flexibility index (Phi) is 2.04. The molecule has 1 heterocycles. The van der Waals surface area contributed by atoms with Crippen molar-refractivity contribution < 1.29 is 14.7 Å². The number of rotatable bonds is 2. The summed E-state index contributed by atoms with van der Waals surface area (Å²) < 4.78 is 0. The molecule has 0 atom stereocenters. The third kappa shape index (κ3) is 1.49. The predicted molar refractivity (Wildman–Crippen MR) is 50.8 cm³/mol. The predicted octanol–water partition coefficient (Wildman–Crippen LogP) is 1.23. The Labute approximate surface area is 83.3 Å². The summed E-state index contributed by atoms with van der Waals surface area (Å²) in [7, 11) is 0. The third-order valence-corrected chi connectivity index (χ3v) is 1.92. The molecule has 0 amide bonds. The lowest BCUT2D eigenvalue weighted by Gasteiger charge is -1.92. The first kappa shape index (κ1) is 9.11. The van der Waals surface area contributed by atoms with Crippen molar-refractivity contribution in [2.45, 2.75) is 0 Å². The zero-order valence-electron chi connectivity index (χ0n) is 7.39. The van der Waals surface area contributed by atoms with E-state index >= 15 is 0 Å². The van der Waals surface area contributed by atoms with Gasteiger partial charge in [0.05, 0.1) is 11.2 Å². The van der Waals surface area contributed by atoms with Crippen molar-refractivity contribution in [1.29, 1.82) is 0 Å². The van der Waals surface area contributed by atoms with Gasteiger partial charge >= 0.3 is 5.97 Å². The molecule has 2 rings (SSSR count). The first-order chi connectivity index (χ1) is 7.22. The van der Waals surface area contributed by atoms with Gasteiger partial charge in [-0.3, -0.25) is 5.10 Å². The van der Waals surface area contributed by atoms with Gasteiger partial charge in [-0.1, -0.05) is 0 Å². The van der Waals surface area contributed by atoms with E-state index in [1.54, 1.807) is 12.1 Å². The number of carbonyl (C=O) groups excluding carboxylic acids is 1. The average molecular weight is 203 g/mol. The monoisotopic (exact) mass is 203 g/mol. The number of carboxylic acid groups (broad SMARTS) is 1. The Bertz CT molecular complexity index is 581. The minimum absolute atomic E-state index is 0.0899. The van der Waals surface area contributed by atoms with Crippen LogP contribution in [0.4, 0.5) is 5.69 Å². The van der Waals surface area contributed by atoms with Gasteiger partial charge in [-0.2, -0.15) is 10.1 Å². The van der Waals surface area contributed by atoms with E-state index in [4.69, 9.17) is 5.11 Å². The Morgan fingerprint density at radius 1 is 1.53 bits per heavy atom. The molecule has 6 heteroatoms. The molecule has 0 aliphatic rings. The molecule has 0 fully saturated rings. The number of aromatic carboxylic acids is 1. The van der Waals surface area contributed by atoms with Crippen molar-refractivity contribution in [3.63, 3.8) is 0 Å². The van der Waals surface area contributed by atoms with Gasteiger partial charge in [-0.05, 0) is 18.2 Å². The Balaban J connectivity index is 2.71. The normalized spacial score (nSPS) is 9.87. The highest BCUT2D eigenvalue weighted by molar-refractivity contribution is 6.01. The number of isocyanates is 1. The highest BCUT2D eigenvalue weighted by atomic mass is 16.4. The third-order valence-electron chi connectivity index (χ3n) is 1.92. The van der Waals surface area contributed by atoms with E-state index in [-0.39, 0.29) is 5.69 Å². The molecule has 2 N–H and O–H groups in total. The molecule has 0 saturated heterocycles. The largest absolute Gasteiger partial charge is 0.476 e. The van der Waals surface area contributed by atoms with Gasteiger partial charge in [-0.15, -0.1) is 0 Å². The topological polar surface area (TPSA) is 95.4 Å². The fraction of sp³-hybridized carbons (Fsp3) is 0. The van der Waals surface area contributed by atoms with E-state index in [0.29, 0.717) is 16.6 Å². The average Bonchev–Trinajstić information content (AvgIpc) is 2.61. The molecule has 0 aliphatic heterocycles. The molecule has 0 unspecified atom stereocenters. The number of aromatic amines is 1. The van der Waals surface area contributed by atoms with E-state index in [9.17, 15) is 9.59 Å². The summed E-state index contributed by atoms with van der Waals surface area (Å²) in [5.74, 6) is -1.13. The van der Waals surface area contributed by atoms with E-state index in [1.807, 2.05) is 0 Å². The standard InChI is InChI=1S/C9H5N3O3/c13-4-10-5-1-2-7-6(3-5)8(9(14)15)12-11-7/h1-3H,(H,11,12)(H,14,15). The van der Waals surface area contributed by atoms with Crippen LogP contribution in [0.15, 0.2) is 23.2 Å². The second-order valence-electron chi connectivity index (χ2n) is 2.81. The number of aliphatic imine (C=N–C) groups is 1. The zero-order chi connectivity index (χ0) is 10.8. The minimum Gasteiger partial charge on any atom is -0.476 e. The molecule has 2 aromatic rings. The first-order valence-corrected chi connectivity index (χ1v) is 4.01. The summed E-state index contributed by atoms with van der Waals surface area (Å²) in [5.41, 5.74) is 0.839. The van der Waals surface area contributed by atoms with Crippen LogP contribution in [0.25, 0.3) is 10.9 Å². The maximum atomic E-state index is 10.8. The molecule has 0 spiro atoms. The molecule has 0 saturated carbocycles. The van der Waals surface area contributed by atoms with Crippen LogP contribution in [0.2, 0.25) is 0 Å². The van der Waals surface area contributed by atoms with E-state index in [2.05, 4.69) is 15.2 Å². The van der Waals surface area contributed by atoms with Crippen molar-refractivity contribution in [2.24, 2.45) is 4.99 Å². The van der Waals surface area contributed by atoms with Crippen LogP contribution >= 0.6 is 0 Å². The first-order valence-electron chi connectivity index (χ1n) is 4.01. The van der Waals surface area contributed by atoms with E-state index in [1.165, 1.54) is 12.1 Å². The highest BCUT2D eigenvalue weighted by Gasteiger charge is 2.12. The van der Waals surface area contributed by atoms with E-state index in [0.717, 1.165) is 0 Å². The summed E-state index contributed by atoms with van der Waals surface area (Å²) >= 11 is 0. The van der Waals surface area contributed by atoms with Crippen LogP contribution in [-0.4, -0.2) is 27.4 Å².